The van der Waals surface area contributed by atoms with Crippen LogP contribution in [-0.2, 0) is 6.42 Å². The maximum absolute atomic E-state index is 12.9. The highest BCUT2D eigenvalue weighted by atomic mass is 35.5. The number of hydrogen-bond donors (Lipinski definition) is 2. The van der Waals surface area contributed by atoms with Gasteiger partial charge in [-0.15, -0.1) is 12.4 Å². The number of nitrogens with one attached hydrogen (secondary N) is 2. The third-order valence-corrected chi connectivity index (χ3v) is 6.25. The second-order valence-electron chi connectivity index (χ2n) is 8.70. The quantitative estimate of drug-likeness (QED) is 0.489. The molecule has 184 valence electrons. The van der Waals surface area contributed by atoms with Gasteiger partial charge in [0, 0.05) is 36.6 Å². The maximum atomic E-state index is 12.9. The molecule has 3 aromatic carbocycles. The van der Waals surface area contributed by atoms with Gasteiger partial charge in [-0.2, -0.15) is 0 Å². The van der Waals surface area contributed by atoms with Gasteiger partial charge in [0.1, 0.15) is 0 Å². The van der Waals surface area contributed by atoms with Gasteiger partial charge >= 0.3 is 0 Å². The van der Waals surface area contributed by atoms with Crippen LogP contribution in [0.2, 0.25) is 0 Å². The number of amides is 2. The van der Waals surface area contributed by atoms with Gasteiger partial charge in [-0.3, -0.25) is 9.59 Å². The van der Waals surface area contributed by atoms with E-state index in [0.29, 0.717) is 16.8 Å². The van der Waals surface area contributed by atoms with Crippen molar-refractivity contribution in [1.29, 1.82) is 0 Å². The highest BCUT2D eigenvalue weighted by molar-refractivity contribution is 6.12. The molecule has 0 unspecified atom stereocenters. The number of likely N-dealkylation sites (N-methyl/N-ethyl adjacent to an activating group) is 1. The number of aryl methyl sites for hydroxylation is 1. The molecule has 0 radical (unpaired) electrons. The first-order valence-electron chi connectivity index (χ1n) is 11.9. The molecule has 1 heterocycles. The average molecular weight is 493 g/mol. The van der Waals surface area contributed by atoms with Crippen LogP contribution in [0.25, 0.3) is 0 Å². The van der Waals surface area contributed by atoms with Gasteiger partial charge < -0.3 is 20.4 Å². The number of nitrogens with zero attached hydrogens (tertiary/aromatic N) is 2. The zero-order valence-electron chi connectivity index (χ0n) is 20.3. The topological polar surface area (TPSA) is 64.7 Å². The van der Waals surface area contributed by atoms with Crippen molar-refractivity contribution in [3.05, 3.63) is 89.5 Å². The number of carbonyl (C=O) groups is 2. The largest absolute Gasteiger partial charge is 0.370 e. The van der Waals surface area contributed by atoms with Gasteiger partial charge in [0.15, 0.2) is 0 Å². The van der Waals surface area contributed by atoms with Crippen LogP contribution in [0.5, 0.6) is 0 Å². The zero-order chi connectivity index (χ0) is 23.9. The van der Waals surface area contributed by atoms with Gasteiger partial charge in [0.05, 0.1) is 11.3 Å². The Morgan fingerprint density at radius 3 is 2.23 bits per heavy atom. The van der Waals surface area contributed by atoms with Crippen molar-refractivity contribution in [1.82, 2.24) is 4.90 Å². The summed E-state index contributed by atoms with van der Waals surface area (Å²) in [5, 5.41) is 5.82. The molecule has 6 nitrogen and oxygen atoms in total. The molecule has 0 atom stereocenters. The van der Waals surface area contributed by atoms with E-state index in [9.17, 15) is 9.59 Å². The molecule has 0 aromatic heterocycles. The molecular formula is C28H33ClN4O2. The Morgan fingerprint density at radius 1 is 0.800 bits per heavy atom. The first-order valence-corrected chi connectivity index (χ1v) is 11.9. The van der Waals surface area contributed by atoms with Crippen molar-refractivity contribution < 1.29 is 9.59 Å². The zero-order valence-corrected chi connectivity index (χ0v) is 21.1. The molecule has 1 aliphatic rings. The van der Waals surface area contributed by atoms with E-state index in [4.69, 9.17) is 0 Å². The molecule has 4 rings (SSSR count). The second kappa shape index (κ2) is 12.4. The number of hydrogen-bond acceptors (Lipinski definition) is 4. The molecule has 1 fully saturated rings. The van der Waals surface area contributed by atoms with Gasteiger partial charge in [-0.25, -0.2) is 0 Å². The molecule has 7 heteroatoms. The lowest BCUT2D eigenvalue weighted by atomic mass is 10.1. The van der Waals surface area contributed by atoms with Crippen molar-refractivity contribution in [2.24, 2.45) is 0 Å². The molecule has 0 aliphatic carbocycles. The minimum absolute atomic E-state index is 0. The van der Waals surface area contributed by atoms with Crippen LogP contribution in [-0.4, -0.2) is 49.9 Å². The van der Waals surface area contributed by atoms with Crippen LogP contribution >= 0.6 is 12.4 Å². The summed E-state index contributed by atoms with van der Waals surface area (Å²) in [6.45, 7) is 6.22. The van der Waals surface area contributed by atoms with Crippen molar-refractivity contribution >= 4 is 41.3 Å². The number of benzene rings is 3. The minimum atomic E-state index is -0.262. The third-order valence-electron chi connectivity index (χ3n) is 6.25. The molecule has 0 spiro atoms. The predicted molar refractivity (Wildman–Crippen MR) is 146 cm³/mol. The monoisotopic (exact) mass is 492 g/mol. The van der Waals surface area contributed by atoms with Gasteiger partial charge in [0.25, 0.3) is 11.8 Å². The second-order valence-corrected chi connectivity index (χ2v) is 8.70. The summed E-state index contributed by atoms with van der Waals surface area (Å²) < 4.78 is 0. The summed E-state index contributed by atoms with van der Waals surface area (Å²) in [6.07, 6.45) is 2.07. The Labute approximate surface area is 213 Å². The van der Waals surface area contributed by atoms with Crippen molar-refractivity contribution in [2.75, 3.05) is 48.8 Å². The molecule has 2 N–H and O–H groups in total. The average Bonchev–Trinajstić information content (AvgIpc) is 3.09. The first-order chi connectivity index (χ1) is 16.5. The van der Waals surface area contributed by atoms with E-state index < -0.39 is 0 Å². The van der Waals surface area contributed by atoms with Crippen LogP contribution in [0.4, 0.5) is 17.1 Å². The lowest BCUT2D eigenvalue weighted by Gasteiger charge is -2.23. The molecule has 1 aliphatic heterocycles. The maximum Gasteiger partial charge on any atom is 0.257 e. The normalized spacial score (nSPS) is 13.9. The van der Waals surface area contributed by atoms with E-state index in [1.807, 2.05) is 54.6 Å². The van der Waals surface area contributed by atoms with Crippen LogP contribution in [0.1, 0.15) is 39.6 Å². The number of rotatable bonds is 6. The number of anilines is 3. The molecule has 0 saturated carbocycles. The van der Waals surface area contributed by atoms with Crippen LogP contribution in [0.15, 0.2) is 72.8 Å². The number of para-hydroxylation sites is 1. The van der Waals surface area contributed by atoms with E-state index in [-0.39, 0.29) is 24.2 Å². The van der Waals surface area contributed by atoms with E-state index in [1.54, 1.807) is 18.2 Å². The molecule has 3 aromatic rings. The Morgan fingerprint density at radius 2 is 1.51 bits per heavy atom. The minimum Gasteiger partial charge on any atom is -0.370 e. The van der Waals surface area contributed by atoms with E-state index >= 15 is 0 Å². The van der Waals surface area contributed by atoms with Crippen molar-refractivity contribution in [3.8, 4) is 0 Å². The fourth-order valence-electron chi connectivity index (χ4n) is 4.14. The fraction of sp³-hybridized carbons (Fsp3) is 0.286. The summed E-state index contributed by atoms with van der Waals surface area (Å²) in [5.74, 6) is -0.503. The SMILES string of the molecule is CCc1ccc(NC(=O)c2ccccc2NC(=O)c2ccc(N3CCCN(C)CC3)cc2)cc1.Cl. The first kappa shape index (κ1) is 26.3. The van der Waals surface area contributed by atoms with Gasteiger partial charge in [0.2, 0.25) is 0 Å². The van der Waals surface area contributed by atoms with E-state index in [2.05, 4.69) is 34.4 Å². The Kier molecular flexibility index (Phi) is 9.29. The summed E-state index contributed by atoms with van der Waals surface area (Å²) in [5.41, 5.74) is 4.51. The Balaban J connectivity index is 0.00000342. The van der Waals surface area contributed by atoms with E-state index in [0.717, 1.165) is 50.4 Å². The van der Waals surface area contributed by atoms with Crippen molar-refractivity contribution in [2.45, 2.75) is 19.8 Å². The van der Waals surface area contributed by atoms with Gasteiger partial charge in [-0.1, -0.05) is 31.2 Å². The highest BCUT2D eigenvalue weighted by Gasteiger charge is 2.16. The molecule has 1 saturated heterocycles. The molecule has 35 heavy (non-hydrogen) atoms. The van der Waals surface area contributed by atoms with Gasteiger partial charge in [-0.05, 0) is 80.5 Å². The number of carbonyl (C=O) groups excluding carboxylic acids is 2. The predicted octanol–water partition coefficient (Wildman–Crippen LogP) is 5.32. The number of halogens is 1. The van der Waals surface area contributed by atoms with E-state index in [1.165, 1.54) is 5.56 Å². The van der Waals surface area contributed by atoms with Crippen LogP contribution in [0.3, 0.4) is 0 Å². The Hall–Kier alpha value is -3.35. The van der Waals surface area contributed by atoms with Crippen molar-refractivity contribution in [3.63, 3.8) is 0 Å². The highest BCUT2D eigenvalue weighted by Crippen LogP contribution is 2.21. The lowest BCUT2D eigenvalue weighted by Crippen LogP contribution is -2.28. The summed E-state index contributed by atoms with van der Waals surface area (Å²) in [6, 6.07) is 22.5. The molecule has 0 bridgehead atoms. The standard InChI is InChI=1S/C28H32N4O2.ClH/c1-3-21-9-13-23(14-10-21)29-28(34)25-7-4-5-8-26(25)30-27(33)22-11-15-24(16-12-22)32-18-6-17-31(2)19-20-32;/h4-5,7-16H,3,6,17-20H2,1-2H3,(H,29,34)(H,30,33);1H. The molecular weight excluding hydrogens is 460 g/mol. The molecule has 2 amide bonds. The van der Waals surface area contributed by atoms with Crippen LogP contribution < -0.4 is 15.5 Å². The Bertz CT molecular complexity index is 1130. The summed E-state index contributed by atoms with van der Waals surface area (Å²) >= 11 is 0. The summed E-state index contributed by atoms with van der Waals surface area (Å²) in [4.78, 5) is 30.5. The third kappa shape index (κ3) is 6.84. The summed E-state index contributed by atoms with van der Waals surface area (Å²) in [7, 11) is 2.15. The lowest BCUT2D eigenvalue weighted by molar-refractivity contribution is 0.102. The van der Waals surface area contributed by atoms with Crippen LogP contribution in [0, 0.1) is 0 Å². The smallest absolute Gasteiger partial charge is 0.257 e. The fourth-order valence-corrected chi connectivity index (χ4v) is 4.14.